The van der Waals surface area contributed by atoms with Gasteiger partial charge in [0.15, 0.2) is 0 Å². The van der Waals surface area contributed by atoms with Gasteiger partial charge in [0.25, 0.3) is 0 Å². The van der Waals surface area contributed by atoms with Gasteiger partial charge in [0.2, 0.25) is 0 Å². The van der Waals surface area contributed by atoms with E-state index in [4.69, 9.17) is 0 Å². The van der Waals surface area contributed by atoms with Gasteiger partial charge in [-0.2, -0.15) is 5.10 Å². The second kappa shape index (κ2) is 3.13. The van der Waals surface area contributed by atoms with E-state index in [1.807, 2.05) is 11.7 Å². The van der Waals surface area contributed by atoms with Gasteiger partial charge in [0.05, 0.1) is 5.52 Å². The summed E-state index contributed by atoms with van der Waals surface area (Å²) in [5.41, 5.74) is 1.20. The van der Waals surface area contributed by atoms with Crippen molar-refractivity contribution >= 4 is 56.1 Å². The first-order chi connectivity index (χ1) is 5.68. The molecule has 0 unspecified atom stereocenters. The van der Waals surface area contributed by atoms with Crippen LogP contribution < -0.4 is 0 Å². The number of halogens is 2. The van der Waals surface area contributed by atoms with E-state index in [2.05, 4.69) is 68.5 Å². The normalized spacial score (nSPS) is 10.9. The third-order valence-electron chi connectivity index (χ3n) is 1.77. The molecule has 0 bridgehead atoms. The molecule has 0 aliphatic carbocycles. The monoisotopic (exact) mass is 384 g/mol. The Bertz CT molecular complexity index is 434. The molecule has 0 amide bonds. The molecule has 1 aromatic heterocycles. The highest BCUT2D eigenvalue weighted by Gasteiger charge is 2.04. The Morgan fingerprint density at radius 2 is 2.08 bits per heavy atom. The smallest absolute Gasteiger partial charge is 0.131 e. The van der Waals surface area contributed by atoms with Crippen molar-refractivity contribution < 1.29 is 0 Å². The van der Waals surface area contributed by atoms with Gasteiger partial charge in [-0.05, 0) is 63.4 Å². The van der Waals surface area contributed by atoms with Crippen molar-refractivity contribution in [2.75, 3.05) is 0 Å². The van der Waals surface area contributed by atoms with Crippen molar-refractivity contribution in [3.63, 3.8) is 0 Å². The van der Waals surface area contributed by atoms with Crippen molar-refractivity contribution in [2.24, 2.45) is 7.05 Å². The summed E-state index contributed by atoms with van der Waals surface area (Å²) in [5, 5.41) is 5.57. The summed E-state index contributed by atoms with van der Waals surface area (Å²) in [7, 11) is 1.97. The van der Waals surface area contributed by atoms with Gasteiger partial charge in [0.1, 0.15) is 3.70 Å². The first-order valence-electron chi connectivity index (χ1n) is 3.46. The first-order valence-corrected chi connectivity index (χ1v) is 5.62. The predicted octanol–water partition coefficient (Wildman–Crippen LogP) is 2.78. The van der Waals surface area contributed by atoms with E-state index >= 15 is 0 Å². The zero-order chi connectivity index (χ0) is 8.72. The molecule has 0 spiro atoms. The summed E-state index contributed by atoms with van der Waals surface area (Å²) < 4.78 is 4.24. The zero-order valence-electron chi connectivity index (χ0n) is 6.38. The van der Waals surface area contributed by atoms with Gasteiger partial charge in [0, 0.05) is 16.0 Å². The van der Waals surface area contributed by atoms with E-state index in [0.717, 1.165) is 3.70 Å². The summed E-state index contributed by atoms with van der Waals surface area (Å²) in [4.78, 5) is 0. The lowest BCUT2D eigenvalue weighted by Crippen LogP contribution is -1.89. The van der Waals surface area contributed by atoms with Gasteiger partial charge in [-0.3, -0.25) is 4.68 Å². The average molecular weight is 384 g/mol. The maximum absolute atomic E-state index is 4.33. The Hall–Kier alpha value is 0.150. The third-order valence-corrected chi connectivity index (χ3v) is 3.24. The van der Waals surface area contributed by atoms with Gasteiger partial charge >= 0.3 is 0 Å². The second-order valence-electron chi connectivity index (χ2n) is 2.58. The third kappa shape index (κ3) is 1.34. The Morgan fingerprint density at radius 3 is 2.83 bits per heavy atom. The largest absolute Gasteiger partial charge is 0.267 e. The summed E-state index contributed by atoms with van der Waals surface area (Å²) >= 11 is 4.57. The van der Waals surface area contributed by atoms with Gasteiger partial charge in [-0.25, -0.2) is 0 Å². The lowest BCUT2D eigenvalue weighted by molar-refractivity contribution is 0.787. The zero-order valence-corrected chi connectivity index (χ0v) is 10.7. The molecule has 0 N–H and O–H groups in total. The topological polar surface area (TPSA) is 17.8 Å². The lowest BCUT2D eigenvalue weighted by Gasteiger charge is -1.93. The Balaban J connectivity index is 2.90. The van der Waals surface area contributed by atoms with E-state index in [9.17, 15) is 0 Å². The van der Waals surface area contributed by atoms with Gasteiger partial charge < -0.3 is 0 Å². The van der Waals surface area contributed by atoms with Crippen LogP contribution in [0.3, 0.4) is 0 Å². The molecule has 2 aromatic rings. The maximum atomic E-state index is 4.33. The fourth-order valence-electron chi connectivity index (χ4n) is 1.19. The van der Waals surface area contributed by atoms with Crippen LogP contribution in [0.15, 0.2) is 18.2 Å². The molecular weight excluding hydrogens is 378 g/mol. The number of hydrogen-bond donors (Lipinski definition) is 0. The first kappa shape index (κ1) is 8.74. The van der Waals surface area contributed by atoms with Crippen LogP contribution in [-0.2, 0) is 7.05 Å². The Kier molecular flexibility index (Phi) is 2.28. The van der Waals surface area contributed by atoms with Crippen LogP contribution in [0, 0.1) is 7.27 Å². The number of hydrogen-bond acceptors (Lipinski definition) is 1. The quantitative estimate of drug-likeness (QED) is 0.640. The minimum atomic E-state index is 1.07. The number of rotatable bonds is 0. The fourth-order valence-corrected chi connectivity index (χ4v) is 2.44. The molecule has 1 aromatic carbocycles. The van der Waals surface area contributed by atoms with Crippen LogP contribution in [0.2, 0.25) is 0 Å². The van der Waals surface area contributed by atoms with Gasteiger partial charge in [-0.15, -0.1) is 0 Å². The number of aryl methyl sites for hydroxylation is 1. The van der Waals surface area contributed by atoms with E-state index in [1.54, 1.807) is 0 Å². The summed E-state index contributed by atoms with van der Waals surface area (Å²) in [6.07, 6.45) is 0. The molecule has 0 atom stereocenters. The van der Waals surface area contributed by atoms with Crippen LogP contribution in [0.4, 0.5) is 0 Å². The molecule has 2 nitrogen and oxygen atoms in total. The molecule has 2 rings (SSSR count). The van der Waals surface area contributed by atoms with Crippen molar-refractivity contribution in [1.29, 1.82) is 0 Å². The van der Waals surface area contributed by atoms with Crippen LogP contribution in [-0.4, -0.2) is 9.78 Å². The average Bonchev–Trinajstić information content (AvgIpc) is 2.28. The molecule has 0 fully saturated rings. The highest BCUT2D eigenvalue weighted by molar-refractivity contribution is 14.1. The van der Waals surface area contributed by atoms with Crippen molar-refractivity contribution in [3.8, 4) is 0 Å². The second-order valence-corrected chi connectivity index (χ2v) is 4.84. The minimum absolute atomic E-state index is 1.07. The standard InChI is InChI=1S/C8H6I2N2/c1-12-7-4-5(9)2-3-6(7)8(10)11-12/h2-4H,1H3. The van der Waals surface area contributed by atoms with Crippen LogP contribution in [0.25, 0.3) is 10.9 Å². The number of nitrogens with zero attached hydrogens (tertiary/aromatic N) is 2. The molecule has 12 heavy (non-hydrogen) atoms. The molecular formula is C8H6I2N2. The lowest BCUT2D eigenvalue weighted by atomic mass is 10.3. The Labute approximate surface area is 97.6 Å². The SMILES string of the molecule is Cn1nc(I)c2ccc(I)cc21. The van der Waals surface area contributed by atoms with E-state index in [0.29, 0.717) is 0 Å². The highest BCUT2D eigenvalue weighted by Crippen LogP contribution is 2.21. The molecule has 0 saturated heterocycles. The van der Waals surface area contributed by atoms with Crippen molar-refractivity contribution in [3.05, 3.63) is 25.5 Å². The molecule has 0 saturated carbocycles. The molecule has 0 aliphatic rings. The summed E-state index contributed by atoms with van der Waals surface area (Å²) in [6.45, 7) is 0. The predicted molar refractivity (Wildman–Crippen MR) is 66.1 cm³/mol. The molecule has 1 heterocycles. The van der Waals surface area contributed by atoms with E-state index < -0.39 is 0 Å². The van der Waals surface area contributed by atoms with Crippen molar-refractivity contribution in [2.45, 2.75) is 0 Å². The molecule has 4 heteroatoms. The molecule has 0 aliphatic heterocycles. The maximum Gasteiger partial charge on any atom is 0.131 e. The number of fused-ring (bicyclic) bond motifs is 1. The van der Waals surface area contributed by atoms with Gasteiger partial charge in [-0.1, -0.05) is 0 Å². The number of aromatic nitrogens is 2. The molecule has 62 valence electrons. The minimum Gasteiger partial charge on any atom is -0.267 e. The molecule has 0 radical (unpaired) electrons. The van der Waals surface area contributed by atoms with Crippen LogP contribution in [0.1, 0.15) is 0 Å². The van der Waals surface area contributed by atoms with E-state index in [-0.39, 0.29) is 0 Å². The number of benzene rings is 1. The fraction of sp³-hybridized carbons (Fsp3) is 0.125. The highest BCUT2D eigenvalue weighted by atomic mass is 127. The van der Waals surface area contributed by atoms with Crippen LogP contribution >= 0.6 is 45.2 Å². The summed E-state index contributed by atoms with van der Waals surface area (Å²) in [5.74, 6) is 0. The van der Waals surface area contributed by atoms with Crippen molar-refractivity contribution in [1.82, 2.24) is 9.78 Å². The summed E-state index contributed by atoms with van der Waals surface area (Å²) in [6, 6.07) is 6.36. The van der Waals surface area contributed by atoms with Crippen LogP contribution in [0.5, 0.6) is 0 Å². The van der Waals surface area contributed by atoms with E-state index in [1.165, 1.54) is 14.5 Å². The Morgan fingerprint density at radius 1 is 1.33 bits per heavy atom.